The van der Waals surface area contributed by atoms with Crippen LogP contribution in [-0.4, -0.2) is 44.9 Å². The van der Waals surface area contributed by atoms with E-state index in [2.05, 4.69) is 5.32 Å². The lowest BCUT2D eigenvalue weighted by atomic mass is 9.98. The van der Waals surface area contributed by atoms with Gasteiger partial charge in [-0.05, 0) is 61.9 Å². The highest BCUT2D eigenvalue weighted by Gasteiger charge is 2.48. The molecule has 0 aliphatic carbocycles. The van der Waals surface area contributed by atoms with Crippen molar-refractivity contribution in [3.63, 3.8) is 0 Å². The molecule has 0 bridgehead atoms. The van der Waals surface area contributed by atoms with E-state index in [9.17, 15) is 18.3 Å². The number of sulfone groups is 1. The van der Waals surface area contributed by atoms with E-state index in [1.54, 1.807) is 6.07 Å². The predicted molar refractivity (Wildman–Crippen MR) is 106 cm³/mol. The average molecular weight is 410 g/mol. The summed E-state index contributed by atoms with van der Waals surface area (Å²) in [4.78, 5) is 13.0. The van der Waals surface area contributed by atoms with E-state index in [4.69, 9.17) is 4.74 Å². The number of carboxylic acid groups (broad SMARTS) is 1. The highest BCUT2D eigenvalue weighted by molar-refractivity contribution is 7.92. The molecular weight excluding hydrogens is 386 g/mol. The van der Waals surface area contributed by atoms with E-state index in [0.717, 1.165) is 16.2 Å². The fourth-order valence-corrected chi connectivity index (χ4v) is 6.96. The molecule has 1 aliphatic rings. The van der Waals surface area contributed by atoms with Gasteiger partial charge in [0.15, 0.2) is 9.84 Å². The monoisotopic (exact) mass is 409 g/mol. The molecule has 1 fully saturated rings. The SMILES string of the molecule is CCOc1ccc(-c2ccc(C3(CC(=O)O)CCNCCS3(=O)=O)s2)cc1. The molecule has 27 heavy (non-hydrogen) atoms. The predicted octanol–water partition coefficient (Wildman–Crippen LogP) is 2.89. The summed E-state index contributed by atoms with van der Waals surface area (Å²) in [5.74, 6) is -0.384. The van der Waals surface area contributed by atoms with E-state index < -0.39 is 27.0 Å². The summed E-state index contributed by atoms with van der Waals surface area (Å²) < 4.78 is 30.1. The largest absolute Gasteiger partial charge is 0.494 e. The zero-order chi connectivity index (χ0) is 19.5. The Labute approximate surface area is 163 Å². The minimum atomic E-state index is -3.61. The first kappa shape index (κ1) is 19.9. The van der Waals surface area contributed by atoms with Crippen LogP contribution in [-0.2, 0) is 19.4 Å². The first-order valence-corrected chi connectivity index (χ1v) is 11.3. The Hall–Kier alpha value is -1.90. The van der Waals surface area contributed by atoms with Gasteiger partial charge in [-0.1, -0.05) is 0 Å². The second-order valence-corrected chi connectivity index (χ2v) is 10.0. The quantitative estimate of drug-likeness (QED) is 0.762. The lowest BCUT2D eigenvalue weighted by Crippen LogP contribution is -2.39. The second-order valence-electron chi connectivity index (χ2n) is 6.50. The summed E-state index contributed by atoms with van der Waals surface area (Å²) in [6, 6.07) is 11.2. The van der Waals surface area contributed by atoms with Gasteiger partial charge in [-0.3, -0.25) is 4.79 Å². The molecule has 3 rings (SSSR count). The van der Waals surface area contributed by atoms with Gasteiger partial charge in [0.1, 0.15) is 10.5 Å². The van der Waals surface area contributed by atoms with Crippen LogP contribution in [0.5, 0.6) is 5.75 Å². The van der Waals surface area contributed by atoms with Crippen molar-refractivity contribution in [3.05, 3.63) is 41.3 Å². The van der Waals surface area contributed by atoms with Gasteiger partial charge in [0, 0.05) is 16.3 Å². The van der Waals surface area contributed by atoms with Crippen LogP contribution < -0.4 is 10.1 Å². The van der Waals surface area contributed by atoms with E-state index in [0.29, 0.717) is 24.6 Å². The second kappa shape index (κ2) is 8.00. The zero-order valence-corrected chi connectivity index (χ0v) is 16.7. The van der Waals surface area contributed by atoms with E-state index >= 15 is 0 Å². The van der Waals surface area contributed by atoms with Crippen LogP contribution in [0.1, 0.15) is 24.6 Å². The summed E-state index contributed by atoms with van der Waals surface area (Å²) in [6.07, 6.45) is -0.162. The number of nitrogens with one attached hydrogen (secondary N) is 1. The van der Waals surface area contributed by atoms with Crippen LogP contribution in [0.15, 0.2) is 36.4 Å². The summed E-state index contributed by atoms with van der Waals surface area (Å²) in [6.45, 7) is 3.33. The van der Waals surface area contributed by atoms with Crippen LogP contribution in [0.3, 0.4) is 0 Å². The molecular formula is C19H23NO5S2. The summed E-state index contributed by atoms with van der Waals surface area (Å²) in [5, 5.41) is 12.5. The van der Waals surface area contributed by atoms with Crippen LogP contribution >= 0.6 is 11.3 Å². The minimum absolute atomic E-state index is 0.0590. The van der Waals surface area contributed by atoms with Crippen molar-refractivity contribution < 1.29 is 23.1 Å². The topological polar surface area (TPSA) is 92.7 Å². The van der Waals surface area contributed by atoms with Gasteiger partial charge in [-0.25, -0.2) is 8.42 Å². The average Bonchev–Trinajstić information content (AvgIpc) is 3.06. The number of hydrogen-bond acceptors (Lipinski definition) is 6. The Morgan fingerprint density at radius 3 is 2.63 bits per heavy atom. The Bertz CT molecular complexity index is 904. The van der Waals surface area contributed by atoms with Crippen molar-refractivity contribution in [2.24, 2.45) is 0 Å². The molecule has 2 aromatic rings. The Morgan fingerprint density at radius 2 is 1.96 bits per heavy atom. The molecule has 8 heteroatoms. The summed E-state index contributed by atoms with van der Waals surface area (Å²) in [7, 11) is -3.61. The molecule has 0 amide bonds. The van der Waals surface area contributed by atoms with Crippen LogP contribution in [0.2, 0.25) is 0 Å². The standard InChI is InChI=1S/C19H23NO5S2/c1-2-25-15-5-3-14(4-6-15)16-7-8-17(26-16)19(13-18(21)22)9-10-20-11-12-27(19,23)24/h3-8,20H,2,9-13H2,1H3,(H,21,22). The van der Waals surface area contributed by atoms with Gasteiger partial charge in [0.05, 0.1) is 18.8 Å². The maximum atomic E-state index is 13.0. The van der Waals surface area contributed by atoms with Crippen LogP contribution in [0, 0.1) is 0 Å². The third-order valence-corrected chi connectivity index (χ3v) is 8.76. The first-order chi connectivity index (χ1) is 12.9. The third kappa shape index (κ3) is 4.02. The molecule has 0 radical (unpaired) electrons. The molecule has 1 aromatic heterocycles. The van der Waals surface area contributed by atoms with Gasteiger partial charge in [0.2, 0.25) is 0 Å². The molecule has 2 heterocycles. The number of benzene rings is 1. The molecule has 0 spiro atoms. The molecule has 1 atom stereocenters. The fourth-order valence-electron chi connectivity index (χ4n) is 3.40. The van der Waals surface area contributed by atoms with Gasteiger partial charge < -0.3 is 15.2 Å². The van der Waals surface area contributed by atoms with Crippen molar-refractivity contribution in [1.29, 1.82) is 0 Å². The highest BCUT2D eigenvalue weighted by atomic mass is 32.2. The number of carbonyl (C=O) groups is 1. The van der Waals surface area contributed by atoms with Crippen LogP contribution in [0.4, 0.5) is 0 Å². The number of ether oxygens (including phenoxy) is 1. The van der Waals surface area contributed by atoms with Crippen molar-refractivity contribution in [2.75, 3.05) is 25.4 Å². The normalized spacial score (nSPS) is 22.1. The van der Waals surface area contributed by atoms with Crippen molar-refractivity contribution >= 4 is 27.1 Å². The lowest BCUT2D eigenvalue weighted by Gasteiger charge is -2.29. The number of rotatable bonds is 6. The highest BCUT2D eigenvalue weighted by Crippen LogP contribution is 2.44. The Kier molecular flexibility index (Phi) is 5.88. The Morgan fingerprint density at radius 1 is 1.22 bits per heavy atom. The molecule has 1 saturated heterocycles. The zero-order valence-electron chi connectivity index (χ0n) is 15.1. The third-order valence-electron chi connectivity index (χ3n) is 4.79. The van der Waals surface area contributed by atoms with E-state index in [1.807, 2.05) is 37.3 Å². The minimum Gasteiger partial charge on any atom is -0.494 e. The van der Waals surface area contributed by atoms with Crippen molar-refractivity contribution in [3.8, 4) is 16.2 Å². The number of hydrogen-bond donors (Lipinski definition) is 2. The van der Waals surface area contributed by atoms with Gasteiger partial charge >= 0.3 is 5.97 Å². The molecule has 1 aliphatic heterocycles. The van der Waals surface area contributed by atoms with E-state index in [1.165, 1.54) is 11.3 Å². The number of thiophene rings is 1. The maximum absolute atomic E-state index is 13.0. The van der Waals surface area contributed by atoms with Crippen LogP contribution in [0.25, 0.3) is 10.4 Å². The van der Waals surface area contributed by atoms with E-state index in [-0.39, 0.29) is 12.2 Å². The number of aliphatic carboxylic acids is 1. The molecule has 1 unspecified atom stereocenters. The van der Waals surface area contributed by atoms with Crippen molar-refractivity contribution in [1.82, 2.24) is 5.32 Å². The van der Waals surface area contributed by atoms with Gasteiger partial charge in [-0.2, -0.15) is 0 Å². The summed E-state index contributed by atoms with van der Waals surface area (Å²) >= 11 is 1.35. The fraction of sp³-hybridized carbons (Fsp3) is 0.421. The first-order valence-electron chi connectivity index (χ1n) is 8.86. The van der Waals surface area contributed by atoms with Gasteiger partial charge in [0.25, 0.3) is 0 Å². The molecule has 1 aromatic carbocycles. The maximum Gasteiger partial charge on any atom is 0.305 e. The lowest BCUT2D eigenvalue weighted by molar-refractivity contribution is -0.137. The van der Waals surface area contributed by atoms with Crippen molar-refractivity contribution in [2.45, 2.75) is 24.5 Å². The van der Waals surface area contributed by atoms with Gasteiger partial charge in [-0.15, -0.1) is 11.3 Å². The smallest absolute Gasteiger partial charge is 0.305 e. The number of carboxylic acids is 1. The molecule has 0 saturated carbocycles. The molecule has 2 N–H and O–H groups in total. The molecule has 6 nitrogen and oxygen atoms in total. The molecule has 146 valence electrons. The Balaban J connectivity index is 2.01. The summed E-state index contributed by atoms with van der Waals surface area (Å²) in [5.41, 5.74) is 0.948.